The van der Waals surface area contributed by atoms with Crippen LogP contribution in [0.5, 0.6) is 0 Å². The molecule has 0 saturated carbocycles. The van der Waals surface area contributed by atoms with E-state index in [1.165, 1.54) is 0 Å². The Morgan fingerprint density at radius 2 is 2.10 bits per heavy atom. The predicted molar refractivity (Wildman–Crippen MR) is 123 cm³/mol. The van der Waals surface area contributed by atoms with Gasteiger partial charge in [0.1, 0.15) is 0 Å². The predicted octanol–water partition coefficient (Wildman–Crippen LogP) is 3.81. The minimum atomic E-state index is -0.514. The minimum Gasteiger partial charge on any atom is -0.391 e. The summed E-state index contributed by atoms with van der Waals surface area (Å²) in [5, 5.41) is 19.5. The van der Waals surface area contributed by atoms with Crippen LogP contribution < -0.4 is 16.0 Å². The SMILES string of the molecule is C/C=C\[C@@H]1C[C@H](C#N)N[C@H]1[C@@H](NC(=O)CC/C(C)=C/NCCC)C(C)(CCC)OC. The number of hydrogen-bond donors (Lipinski definition) is 3. The van der Waals surface area contributed by atoms with E-state index in [-0.39, 0.29) is 30.0 Å². The van der Waals surface area contributed by atoms with Crippen molar-refractivity contribution in [3.8, 4) is 6.07 Å². The third kappa shape index (κ3) is 7.77. The molecule has 1 saturated heterocycles. The van der Waals surface area contributed by atoms with Gasteiger partial charge in [0.05, 0.1) is 23.8 Å². The Hall–Kier alpha value is -1.84. The third-order valence-corrected chi connectivity index (χ3v) is 5.99. The molecule has 0 aromatic rings. The van der Waals surface area contributed by atoms with Crippen LogP contribution in [0.1, 0.15) is 73.1 Å². The van der Waals surface area contributed by atoms with Crippen LogP contribution in [0.15, 0.2) is 23.9 Å². The van der Waals surface area contributed by atoms with Gasteiger partial charge in [-0.05, 0) is 58.6 Å². The standard InChI is InChI=1S/C24H42N4O2/c1-7-10-19-15-20(16-25)27-22(19)23(24(5,30-6)13-8-2)28-21(29)12-11-18(4)17-26-14-9-3/h7,10,17,19-20,22-23,26-27H,8-9,11-15H2,1-6H3,(H,28,29)/b10-7-,18-17+/t19-,20-,22-,23-,24?/m1/s1. The zero-order valence-electron chi connectivity index (χ0n) is 19.8. The molecule has 6 nitrogen and oxygen atoms in total. The molecule has 1 heterocycles. The molecule has 1 amide bonds. The van der Waals surface area contributed by atoms with E-state index in [4.69, 9.17) is 4.74 Å². The molecule has 1 unspecified atom stereocenters. The molecule has 1 fully saturated rings. The normalized spacial score (nSPS) is 25.0. The van der Waals surface area contributed by atoms with Crippen molar-refractivity contribution in [3.63, 3.8) is 0 Å². The van der Waals surface area contributed by atoms with Gasteiger partial charge in [-0.3, -0.25) is 10.1 Å². The fourth-order valence-electron chi connectivity index (χ4n) is 4.24. The number of ether oxygens (including phenoxy) is 1. The van der Waals surface area contributed by atoms with Crippen LogP contribution in [-0.2, 0) is 9.53 Å². The molecule has 0 aliphatic carbocycles. The molecule has 1 aliphatic rings. The summed E-state index contributed by atoms with van der Waals surface area (Å²) in [6.07, 6.45) is 10.9. The Morgan fingerprint density at radius 1 is 1.37 bits per heavy atom. The number of methoxy groups -OCH3 is 1. The summed E-state index contributed by atoms with van der Waals surface area (Å²) in [7, 11) is 1.71. The average molecular weight is 419 g/mol. The maximum Gasteiger partial charge on any atom is 0.220 e. The number of nitriles is 1. The second-order valence-electron chi connectivity index (χ2n) is 8.56. The highest BCUT2D eigenvalue weighted by atomic mass is 16.5. The molecule has 0 aromatic heterocycles. The fraction of sp³-hybridized carbons (Fsp3) is 0.750. The van der Waals surface area contributed by atoms with Crippen molar-refractivity contribution >= 4 is 5.91 Å². The average Bonchev–Trinajstić information content (AvgIpc) is 3.13. The van der Waals surface area contributed by atoms with Crippen molar-refractivity contribution in [2.24, 2.45) is 5.92 Å². The summed E-state index contributed by atoms with van der Waals surface area (Å²) in [5.74, 6) is 0.195. The van der Waals surface area contributed by atoms with Crippen molar-refractivity contribution in [1.29, 1.82) is 5.26 Å². The van der Waals surface area contributed by atoms with E-state index in [0.29, 0.717) is 12.8 Å². The molecular weight excluding hydrogens is 376 g/mol. The fourth-order valence-corrected chi connectivity index (χ4v) is 4.24. The van der Waals surface area contributed by atoms with Gasteiger partial charge >= 0.3 is 0 Å². The van der Waals surface area contributed by atoms with E-state index in [9.17, 15) is 10.1 Å². The number of carbonyl (C=O) groups excluding carboxylic acids is 1. The van der Waals surface area contributed by atoms with Gasteiger partial charge in [-0.1, -0.05) is 38.0 Å². The Bertz CT molecular complexity index is 625. The van der Waals surface area contributed by atoms with E-state index in [0.717, 1.165) is 37.8 Å². The van der Waals surface area contributed by atoms with Gasteiger partial charge in [-0.25, -0.2) is 0 Å². The van der Waals surface area contributed by atoms with Gasteiger partial charge in [-0.2, -0.15) is 5.26 Å². The van der Waals surface area contributed by atoms with Gasteiger partial charge in [-0.15, -0.1) is 0 Å². The lowest BCUT2D eigenvalue weighted by molar-refractivity contribution is -0.125. The lowest BCUT2D eigenvalue weighted by Crippen LogP contribution is -2.62. The number of nitrogens with zero attached hydrogens (tertiary/aromatic N) is 1. The summed E-state index contributed by atoms with van der Waals surface area (Å²) in [6.45, 7) is 11.3. The molecule has 0 spiro atoms. The minimum absolute atomic E-state index is 0.0176. The van der Waals surface area contributed by atoms with Crippen LogP contribution in [0.2, 0.25) is 0 Å². The lowest BCUT2D eigenvalue weighted by Gasteiger charge is -2.42. The van der Waals surface area contributed by atoms with Crippen LogP contribution in [0.4, 0.5) is 0 Å². The number of allylic oxidation sites excluding steroid dienone is 2. The van der Waals surface area contributed by atoms with Crippen molar-refractivity contribution in [2.45, 2.75) is 96.9 Å². The van der Waals surface area contributed by atoms with E-state index in [2.05, 4.69) is 48.9 Å². The van der Waals surface area contributed by atoms with Crippen LogP contribution in [0, 0.1) is 17.2 Å². The highest BCUT2D eigenvalue weighted by Crippen LogP contribution is 2.32. The maximum atomic E-state index is 12.9. The second-order valence-corrected chi connectivity index (χ2v) is 8.56. The first-order chi connectivity index (χ1) is 14.3. The van der Waals surface area contributed by atoms with E-state index >= 15 is 0 Å². The first-order valence-corrected chi connectivity index (χ1v) is 11.4. The summed E-state index contributed by atoms with van der Waals surface area (Å²) >= 11 is 0. The topological polar surface area (TPSA) is 86.2 Å². The quantitative estimate of drug-likeness (QED) is 0.313. The van der Waals surface area contributed by atoms with Crippen LogP contribution in [0.3, 0.4) is 0 Å². The monoisotopic (exact) mass is 418 g/mol. The van der Waals surface area contributed by atoms with Gasteiger partial charge < -0.3 is 15.4 Å². The molecule has 1 aliphatic heterocycles. The van der Waals surface area contributed by atoms with E-state index < -0.39 is 5.60 Å². The number of carbonyl (C=O) groups is 1. The largest absolute Gasteiger partial charge is 0.391 e. The second kappa shape index (κ2) is 13.5. The smallest absolute Gasteiger partial charge is 0.220 e. The first kappa shape index (κ1) is 26.2. The molecular formula is C24H42N4O2. The zero-order chi connectivity index (χ0) is 22.6. The molecule has 3 N–H and O–H groups in total. The summed E-state index contributed by atoms with van der Waals surface area (Å²) < 4.78 is 5.96. The summed E-state index contributed by atoms with van der Waals surface area (Å²) in [6, 6.07) is 1.86. The van der Waals surface area contributed by atoms with E-state index in [1.807, 2.05) is 26.1 Å². The van der Waals surface area contributed by atoms with Gasteiger partial charge in [0, 0.05) is 26.1 Å². The highest BCUT2D eigenvalue weighted by molar-refractivity contribution is 5.76. The van der Waals surface area contributed by atoms with Gasteiger partial charge in [0.25, 0.3) is 0 Å². The Kier molecular flexibility index (Phi) is 11.8. The molecule has 0 bridgehead atoms. The maximum absolute atomic E-state index is 12.9. The van der Waals surface area contributed by atoms with Crippen LogP contribution in [-0.4, -0.2) is 43.3 Å². The zero-order valence-corrected chi connectivity index (χ0v) is 19.8. The van der Waals surface area contributed by atoms with Crippen molar-refractivity contribution in [1.82, 2.24) is 16.0 Å². The van der Waals surface area contributed by atoms with Crippen molar-refractivity contribution < 1.29 is 9.53 Å². The van der Waals surface area contributed by atoms with Crippen LogP contribution >= 0.6 is 0 Å². The van der Waals surface area contributed by atoms with Crippen molar-refractivity contribution in [3.05, 3.63) is 23.9 Å². The first-order valence-electron chi connectivity index (χ1n) is 11.4. The Morgan fingerprint density at radius 3 is 2.67 bits per heavy atom. The number of hydrogen-bond acceptors (Lipinski definition) is 5. The third-order valence-electron chi connectivity index (χ3n) is 5.99. The molecule has 5 atom stereocenters. The summed E-state index contributed by atoms with van der Waals surface area (Å²) in [4.78, 5) is 12.9. The molecule has 170 valence electrons. The lowest BCUT2D eigenvalue weighted by atomic mass is 9.81. The van der Waals surface area contributed by atoms with Gasteiger partial charge in [0.2, 0.25) is 5.91 Å². The Labute approximate surface area is 183 Å². The van der Waals surface area contributed by atoms with Crippen LogP contribution in [0.25, 0.3) is 0 Å². The Balaban J connectivity index is 2.98. The molecule has 0 aromatic carbocycles. The number of rotatable bonds is 13. The molecule has 6 heteroatoms. The number of amides is 1. The van der Waals surface area contributed by atoms with E-state index in [1.54, 1.807) is 7.11 Å². The highest BCUT2D eigenvalue weighted by Gasteiger charge is 2.46. The number of nitrogens with one attached hydrogen (secondary N) is 3. The van der Waals surface area contributed by atoms with Gasteiger partial charge in [0.15, 0.2) is 0 Å². The molecule has 30 heavy (non-hydrogen) atoms. The summed E-state index contributed by atoms with van der Waals surface area (Å²) in [5.41, 5.74) is 0.647. The van der Waals surface area contributed by atoms with Crippen molar-refractivity contribution in [2.75, 3.05) is 13.7 Å². The molecule has 0 radical (unpaired) electrons. The molecule has 1 rings (SSSR count).